The van der Waals surface area contributed by atoms with Crippen molar-refractivity contribution < 1.29 is 4.92 Å². The van der Waals surface area contributed by atoms with Gasteiger partial charge in [-0.1, -0.05) is 0 Å². The van der Waals surface area contributed by atoms with Gasteiger partial charge in [0.1, 0.15) is 5.88 Å². The molecule has 0 aliphatic carbocycles. The molecule has 0 aromatic heterocycles. The van der Waals surface area contributed by atoms with E-state index in [9.17, 15) is 10.1 Å². The molecule has 0 rings (SSSR count). The van der Waals surface area contributed by atoms with Crippen LogP contribution in [0, 0.1) is 10.1 Å². The van der Waals surface area contributed by atoms with Gasteiger partial charge in [-0.25, -0.2) is 0 Å². The van der Waals surface area contributed by atoms with E-state index in [0.29, 0.717) is 0 Å². The van der Waals surface area contributed by atoms with Crippen molar-refractivity contribution in [3.8, 4) is 0 Å². The first-order chi connectivity index (χ1) is 3.18. The lowest BCUT2D eigenvalue weighted by Crippen LogP contribution is -2.12. The summed E-state index contributed by atoms with van der Waals surface area (Å²) in [5.41, 5.74) is -1.14. The van der Waals surface area contributed by atoms with Crippen molar-refractivity contribution in [3.63, 3.8) is 0 Å². The molecule has 0 aliphatic heterocycles. The monoisotopic (exact) mass is 143 g/mol. The summed E-state index contributed by atoms with van der Waals surface area (Å²) < 4.78 is 0. The van der Waals surface area contributed by atoms with Crippen LogP contribution in [0.2, 0.25) is 0 Å². The number of hydrogen-bond donors (Lipinski definition) is 0. The van der Waals surface area contributed by atoms with Crippen molar-refractivity contribution >= 4 is 23.2 Å². The normalized spacial score (nSPS) is 13.4. The van der Waals surface area contributed by atoms with E-state index in [4.69, 9.17) is 23.2 Å². The maximum Gasteiger partial charge on any atom is 0.299 e. The second kappa shape index (κ2) is 3.04. The fourth-order valence-corrected chi connectivity index (χ4v) is 0.169. The van der Waals surface area contributed by atoms with Gasteiger partial charge in [-0.15, -0.1) is 11.6 Å². The summed E-state index contributed by atoms with van der Waals surface area (Å²) in [6.07, 6.45) is 0. The van der Waals surface area contributed by atoms with E-state index in [2.05, 4.69) is 0 Å². The molecule has 0 spiro atoms. The van der Waals surface area contributed by atoms with Crippen LogP contribution in [0.3, 0.4) is 0 Å². The average Bonchev–Trinajstić information content (AvgIpc) is 1.65. The van der Waals surface area contributed by atoms with Crippen molar-refractivity contribution in [3.05, 3.63) is 10.1 Å². The molecule has 1 unspecified atom stereocenters. The van der Waals surface area contributed by atoms with Gasteiger partial charge in [0.15, 0.2) is 0 Å². The van der Waals surface area contributed by atoms with Gasteiger partial charge in [-0.05, 0) is 11.6 Å². The number of hydrogen-bond acceptors (Lipinski definition) is 2. The molecule has 1 atom stereocenters. The molecule has 3 nitrogen and oxygen atoms in total. The minimum absolute atomic E-state index is 0.144. The Morgan fingerprint density at radius 3 is 2.29 bits per heavy atom. The smallest absolute Gasteiger partial charge is 0.263 e. The second-order valence-corrected chi connectivity index (χ2v) is 1.69. The fraction of sp³-hybridized carbons (Fsp3) is 1.00. The lowest BCUT2D eigenvalue weighted by atomic mass is 10.8. The minimum atomic E-state index is -1.14. The summed E-state index contributed by atoms with van der Waals surface area (Å²) in [7, 11) is 0. The van der Waals surface area contributed by atoms with Crippen LogP contribution >= 0.6 is 23.2 Å². The van der Waals surface area contributed by atoms with Crippen molar-refractivity contribution in [1.82, 2.24) is 0 Å². The molecular formula is C2H3Cl2NO2. The zero-order valence-corrected chi connectivity index (χ0v) is 4.82. The molecule has 7 heavy (non-hydrogen) atoms. The number of alkyl halides is 2. The largest absolute Gasteiger partial charge is 0.299 e. The van der Waals surface area contributed by atoms with Gasteiger partial charge < -0.3 is 0 Å². The summed E-state index contributed by atoms with van der Waals surface area (Å²) in [6, 6.07) is 0. The van der Waals surface area contributed by atoms with Crippen molar-refractivity contribution in [2.45, 2.75) is 5.50 Å². The van der Waals surface area contributed by atoms with E-state index in [1.165, 1.54) is 0 Å². The third-order valence-electron chi connectivity index (χ3n) is 0.356. The summed E-state index contributed by atoms with van der Waals surface area (Å²) in [5.74, 6) is -0.144. The van der Waals surface area contributed by atoms with Crippen LogP contribution in [0.4, 0.5) is 0 Å². The highest BCUT2D eigenvalue weighted by molar-refractivity contribution is 6.27. The van der Waals surface area contributed by atoms with E-state index in [0.717, 1.165) is 0 Å². The maximum absolute atomic E-state index is 9.52. The highest BCUT2D eigenvalue weighted by atomic mass is 35.5. The van der Waals surface area contributed by atoms with Crippen molar-refractivity contribution in [1.29, 1.82) is 0 Å². The molecule has 0 saturated heterocycles. The molecule has 0 fully saturated rings. The Kier molecular flexibility index (Phi) is 3.04. The van der Waals surface area contributed by atoms with Crippen LogP contribution in [0.15, 0.2) is 0 Å². The first-order valence-corrected chi connectivity index (χ1v) is 2.49. The highest BCUT2D eigenvalue weighted by Crippen LogP contribution is 1.97. The molecule has 0 radical (unpaired) electrons. The van der Waals surface area contributed by atoms with Gasteiger partial charge in [-0.2, -0.15) is 0 Å². The quantitative estimate of drug-likeness (QED) is 0.251. The molecule has 0 saturated carbocycles. The zero-order valence-electron chi connectivity index (χ0n) is 3.30. The number of nitrogens with zero attached hydrogens (tertiary/aromatic N) is 1. The maximum atomic E-state index is 9.52. The Labute approximate surface area is 50.4 Å². The SMILES string of the molecule is O=[N+]([O-])C(Cl)CCl. The molecule has 0 heterocycles. The average molecular weight is 144 g/mol. The van der Waals surface area contributed by atoms with Crippen LogP contribution in [0.25, 0.3) is 0 Å². The Balaban J connectivity index is 3.34. The Morgan fingerprint density at radius 2 is 2.29 bits per heavy atom. The van der Waals surface area contributed by atoms with E-state index in [-0.39, 0.29) is 5.88 Å². The Morgan fingerprint density at radius 1 is 1.86 bits per heavy atom. The summed E-state index contributed by atoms with van der Waals surface area (Å²) in [4.78, 5) is 8.88. The highest BCUT2D eigenvalue weighted by Gasteiger charge is 2.11. The lowest BCUT2D eigenvalue weighted by Gasteiger charge is -1.90. The molecule has 0 amide bonds. The van der Waals surface area contributed by atoms with Crippen molar-refractivity contribution in [2.75, 3.05) is 5.88 Å². The first-order valence-electron chi connectivity index (χ1n) is 1.52. The first kappa shape index (κ1) is 6.98. The Bertz CT molecular complexity index is 76.1. The van der Waals surface area contributed by atoms with E-state index in [1.807, 2.05) is 0 Å². The summed E-state index contributed by atoms with van der Waals surface area (Å²) in [6.45, 7) is 0. The van der Waals surface area contributed by atoms with Gasteiger partial charge in [0, 0.05) is 4.92 Å². The van der Waals surface area contributed by atoms with Gasteiger partial charge in [0.25, 0.3) is 5.50 Å². The molecule has 0 bridgehead atoms. The summed E-state index contributed by atoms with van der Waals surface area (Å²) >= 11 is 9.94. The predicted molar refractivity (Wildman–Crippen MR) is 27.4 cm³/mol. The van der Waals surface area contributed by atoms with E-state index >= 15 is 0 Å². The van der Waals surface area contributed by atoms with Gasteiger partial charge >= 0.3 is 0 Å². The molecule has 5 heteroatoms. The molecule has 42 valence electrons. The second-order valence-electron chi connectivity index (χ2n) is 0.874. The minimum Gasteiger partial charge on any atom is -0.263 e. The van der Waals surface area contributed by atoms with Crippen LogP contribution in [-0.4, -0.2) is 16.3 Å². The topological polar surface area (TPSA) is 43.1 Å². The zero-order chi connectivity index (χ0) is 5.86. The van der Waals surface area contributed by atoms with Crippen LogP contribution in [-0.2, 0) is 0 Å². The number of rotatable bonds is 2. The van der Waals surface area contributed by atoms with E-state index < -0.39 is 10.4 Å². The molecule has 0 aromatic carbocycles. The number of halogens is 2. The molecule has 0 N–H and O–H groups in total. The standard InChI is InChI=1S/C2H3Cl2NO2/c3-1-2(4)5(6)7/h2H,1H2. The van der Waals surface area contributed by atoms with Crippen LogP contribution in [0.5, 0.6) is 0 Å². The Hall–Kier alpha value is -0.0200. The van der Waals surface area contributed by atoms with Crippen LogP contribution < -0.4 is 0 Å². The van der Waals surface area contributed by atoms with Crippen molar-refractivity contribution in [2.24, 2.45) is 0 Å². The predicted octanol–water partition coefficient (Wildman–Crippen LogP) is 1.07. The molecule has 0 aromatic rings. The van der Waals surface area contributed by atoms with Gasteiger partial charge in [0.2, 0.25) is 0 Å². The fourth-order valence-electron chi connectivity index (χ4n) is 0.0563. The van der Waals surface area contributed by atoms with Gasteiger partial charge in [0.05, 0.1) is 0 Å². The molecule has 0 aliphatic rings. The molecular weight excluding hydrogens is 141 g/mol. The van der Waals surface area contributed by atoms with Gasteiger partial charge in [-0.3, -0.25) is 10.1 Å². The third-order valence-corrected chi connectivity index (χ3v) is 1.12. The third kappa shape index (κ3) is 2.65. The van der Waals surface area contributed by atoms with Crippen LogP contribution in [0.1, 0.15) is 0 Å². The van der Waals surface area contributed by atoms with E-state index in [1.54, 1.807) is 0 Å². The summed E-state index contributed by atoms with van der Waals surface area (Å²) in [5, 5.41) is 9.52. The number of nitro groups is 1. The lowest BCUT2D eigenvalue weighted by molar-refractivity contribution is -0.492.